The van der Waals surface area contributed by atoms with Gasteiger partial charge in [0.25, 0.3) is 11.6 Å². The summed E-state index contributed by atoms with van der Waals surface area (Å²) in [5.74, 6) is 0.173. The van der Waals surface area contributed by atoms with Crippen LogP contribution < -0.4 is 15.4 Å². The molecule has 0 saturated carbocycles. The smallest absolute Gasteiger partial charge is 0.273 e. The highest BCUT2D eigenvalue weighted by Gasteiger charge is 2.15. The first-order valence-corrected chi connectivity index (χ1v) is 7.33. The number of anilines is 1. The number of hydrogen-bond acceptors (Lipinski definition) is 5. The van der Waals surface area contributed by atoms with Crippen LogP contribution in [0.15, 0.2) is 42.5 Å². The molecule has 24 heavy (non-hydrogen) atoms. The summed E-state index contributed by atoms with van der Waals surface area (Å²) in [6.07, 6.45) is 0. The van der Waals surface area contributed by atoms with Crippen LogP contribution in [0.3, 0.4) is 0 Å². The predicted molar refractivity (Wildman–Crippen MR) is 94.5 cm³/mol. The number of nitrogens with zero attached hydrogens (tertiary/aromatic N) is 1. The molecule has 2 aromatic rings. The van der Waals surface area contributed by atoms with Crippen molar-refractivity contribution in [1.82, 2.24) is 5.32 Å². The lowest BCUT2D eigenvalue weighted by molar-refractivity contribution is -0.385. The Balaban J connectivity index is 2.04. The normalized spacial score (nSPS) is 9.92. The van der Waals surface area contributed by atoms with Gasteiger partial charge in [-0.05, 0) is 49.5 Å². The number of carbonyl (C=O) groups excluding carboxylic acids is 1. The molecule has 0 fully saturated rings. The second-order valence-electron chi connectivity index (χ2n) is 4.90. The third-order valence-corrected chi connectivity index (χ3v) is 3.45. The van der Waals surface area contributed by atoms with Gasteiger partial charge in [-0.2, -0.15) is 0 Å². The van der Waals surface area contributed by atoms with E-state index in [0.29, 0.717) is 17.0 Å². The predicted octanol–water partition coefficient (Wildman–Crippen LogP) is 3.04. The van der Waals surface area contributed by atoms with Crippen molar-refractivity contribution in [3.8, 4) is 5.75 Å². The number of ether oxygens (including phenoxy) is 1. The first-order valence-electron chi connectivity index (χ1n) is 6.92. The third kappa shape index (κ3) is 4.26. The Labute approximate surface area is 143 Å². The van der Waals surface area contributed by atoms with E-state index in [1.165, 1.54) is 18.2 Å². The number of carbonyl (C=O) groups is 1. The summed E-state index contributed by atoms with van der Waals surface area (Å²) in [6.45, 7) is 1.61. The number of benzene rings is 2. The highest BCUT2D eigenvalue weighted by atomic mass is 32.1. The van der Waals surface area contributed by atoms with Gasteiger partial charge in [-0.25, -0.2) is 0 Å². The monoisotopic (exact) mass is 345 g/mol. The Hall–Kier alpha value is -3.00. The molecular weight excluding hydrogens is 330 g/mol. The Bertz CT molecular complexity index is 790. The molecule has 0 aliphatic carbocycles. The second kappa shape index (κ2) is 7.51. The molecule has 0 spiro atoms. The highest BCUT2D eigenvalue weighted by molar-refractivity contribution is 7.80. The Morgan fingerprint density at radius 1 is 1.21 bits per heavy atom. The topological polar surface area (TPSA) is 93.5 Å². The van der Waals surface area contributed by atoms with Crippen LogP contribution in [0, 0.1) is 17.0 Å². The van der Waals surface area contributed by atoms with Crippen LogP contribution in [0.1, 0.15) is 15.9 Å². The SMILES string of the molecule is COc1ccc(NC(=S)NC(=O)c2ccc(C)c([N+](=O)[O-])c2)cc1. The van der Waals surface area contributed by atoms with Crippen LogP contribution in [0.2, 0.25) is 0 Å². The summed E-state index contributed by atoms with van der Waals surface area (Å²) < 4.78 is 5.05. The van der Waals surface area contributed by atoms with Crippen LogP contribution in [-0.2, 0) is 0 Å². The third-order valence-electron chi connectivity index (χ3n) is 3.24. The number of methoxy groups -OCH3 is 1. The maximum atomic E-state index is 12.2. The minimum Gasteiger partial charge on any atom is -0.497 e. The molecule has 0 atom stereocenters. The van der Waals surface area contributed by atoms with Gasteiger partial charge in [0.15, 0.2) is 5.11 Å². The minimum atomic E-state index is -0.528. The molecule has 0 unspecified atom stereocenters. The number of amides is 1. The van der Waals surface area contributed by atoms with Gasteiger partial charge in [0.05, 0.1) is 12.0 Å². The van der Waals surface area contributed by atoms with Gasteiger partial charge in [0.2, 0.25) is 0 Å². The average Bonchev–Trinajstić information content (AvgIpc) is 2.55. The van der Waals surface area contributed by atoms with Gasteiger partial charge in [0.1, 0.15) is 5.75 Å². The molecule has 0 bridgehead atoms. The summed E-state index contributed by atoms with van der Waals surface area (Å²) in [7, 11) is 1.56. The maximum Gasteiger partial charge on any atom is 0.273 e. The summed E-state index contributed by atoms with van der Waals surface area (Å²) in [4.78, 5) is 22.6. The number of thiocarbonyl (C=S) groups is 1. The largest absolute Gasteiger partial charge is 0.497 e. The number of aryl methyl sites for hydroxylation is 1. The second-order valence-corrected chi connectivity index (χ2v) is 5.30. The minimum absolute atomic E-state index is 0.0911. The van der Waals surface area contributed by atoms with Crippen LogP contribution >= 0.6 is 12.2 Å². The molecule has 0 aliphatic heterocycles. The standard InChI is InChI=1S/C16H15N3O4S/c1-10-3-4-11(9-14(10)19(21)22)15(20)18-16(24)17-12-5-7-13(23-2)8-6-12/h3-9H,1-2H3,(H2,17,18,20,24). The van der Waals surface area contributed by atoms with Crippen LogP contribution in [0.25, 0.3) is 0 Å². The quantitative estimate of drug-likeness (QED) is 0.502. The number of nitro benzene ring substituents is 1. The van der Waals surface area contributed by atoms with Crippen LogP contribution in [-0.4, -0.2) is 23.1 Å². The lowest BCUT2D eigenvalue weighted by Gasteiger charge is -2.10. The summed E-state index contributed by atoms with van der Waals surface area (Å²) >= 11 is 5.08. The molecule has 0 saturated heterocycles. The number of nitrogens with one attached hydrogen (secondary N) is 2. The first kappa shape index (κ1) is 17.4. The number of rotatable bonds is 4. The Morgan fingerprint density at radius 3 is 2.46 bits per heavy atom. The van der Waals surface area contributed by atoms with E-state index in [1.54, 1.807) is 38.3 Å². The molecule has 2 aromatic carbocycles. The van der Waals surface area contributed by atoms with Crippen molar-refractivity contribution in [1.29, 1.82) is 0 Å². The molecule has 2 rings (SSSR count). The maximum absolute atomic E-state index is 12.2. The van der Waals surface area contributed by atoms with Gasteiger partial charge < -0.3 is 10.1 Å². The zero-order chi connectivity index (χ0) is 17.7. The van der Waals surface area contributed by atoms with Crippen molar-refractivity contribution in [2.75, 3.05) is 12.4 Å². The van der Waals surface area contributed by atoms with Crippen molar-refractivity contribution in [3.63, 3.8) is 0 Å². The molecular formula is C16H15N3O4S. The molecule has 8 heteroatoms. The van der Waals surface area contributed by atoms with Crippen molar-refractivity contribution in [2.45, 2.75) is 6.92 Å². The molecule has 1 amide bonds. The summed E-state index contributed by atoms with van der Waals surface area (Å²) in [5, 5.41) is 16.4. The molecule has 124 valence electrons. The van der Waals surface area contributed by atoms with E-state index >= 15 is 0 Å². The van der Waals surface area contributed by atoms with E-state index in [2.05, 4.69) is 10.6 Å². The number of hydrogen-bond donors (Lipinski definition) is 2. The van der Waals surface area contributed by atoms with E-state index in [4.69, 9.17) is 17.0 Å². The van der Waals surface area contributed by atoms with Gasteiger partial charge in [-0.1, -0.05) is 6.07 Å². The van der Waals surface area contributed by atoms with Gasteiger partial charge in [-0.15, -0.1) is 0 Å². The van der Waals surface area contributed by atoms with Gasteiger partial charge >= 0.3 is 0 Å². The van der Waals surface area contributed by atoms with E-state index < -0.39 is 10.8 Å². The van der Waals surface area contributed by atoms with Crippen molar-refractivity contribution in [3.05, 3.63) is 63.7 Å². The lowest BCUT2D eigenvalue weighted by atomic mass is 10.1. The van der Waals surface area contributed by atoms with Crippen LogP contribution in [0.4, 0.5) is 11.4 Å². The highest BCUT2D eigenvalue weighted by Crippen LogP contribution is 2.19. The van der Waals surface area contributed by atoms with Crippen LogP contribution in [0.5, 0.6) is 5.75 Å². The molecule has 0 aromatic heterocycles. The van der Waals surface area contributed by atoms with Crippen molar-refractivity contribution in [2.24, 2.45) is 0 Å². The molecule has 0 heterocycles. The van der Waals surface area contributed by atoms with Gasteiger partial charge in [0, 0.05) is 22.9 Å². The van der Waals surface area contributed by atoms with Gasteiger partial charge in [-0.3, -0.25) is 20.2 Å². The lowest BCUT2D eigenvalue weighted by Crippen LogP contribution is -2.34. The van der Waals surface area contributed by atoms with E-state index in [9.17, 15) is 14.9 Å². The zero-order valence-electron chi connectivity index (χ0n) is 13.0. The Kier molecular flexibility index (Phi) is 5.43. The van der Waals surface area contributed by atoms with Crippen molar-refractivity contribution >= 4 is 34.6 Å². The van der Waals surface area contributed by atoms with E-state index in [0.717, 1.165) is 0 Å². The number of nitro groups is 1. The zero-order valence-corrected chi connectivity index (χ0v) is 13.8. The molecule has 2 N–H and O–H groups in total. The first-order chi connectivity index (χ1) is 11.4. The summed E-state index contributed by atoms with van der Waals surface area (Å²) in [5.41, 5.74) is 1.20. The molecule has 0 aliphatic rings. The fourth-order valence-electron chi connectivity index (χ4n) is 1.96. The Morgan fingerprint density at radius 2 is 1.88 bits per heavy atom. The molecule has 7 nitrogen and oxygen atoms in total. The molecule has 0 radical (unpaired) electrons. The summed E-state index contributed by atoms with van der Waals surface area (Å²) in [6, 6.07) is 11.2. The van der Waals surface area contributed by atoms with E-state index in [-0.39, 0.29) is 16.4 Å². The fourth-order valence-corrected chi connectivity index (χ4v) is 2.17. The van der Waals surface area contributed by atoms with Crippen molar-refractivity contribution < 1.29 is 14.5 Å². The average molecular weight is 345 g/mol. The van der Waals surface area contributed by atoms with E-state index in [1.807, 2.05) is 0 Å². The fraction of sp³-hybridized carbons (Fsp3) is 0.125.